The van der Waals surface area contributed by atoms with Crippen LogP contribution in [0.15, 0.2) is 0 Å². The zero-order valence-corrected chi connectivity index (χ0v) is 9.74. The number of nitrogens with one attached hydrogen (secondary N) is 1. The number of carboxylic acids is 1. The van der Waals surface area contributed by atoms with E-state index in [0.29, 0.717) is 0 Å². The van der Waals surface area contributed by atoms with Crippen molar-refractivity contribution < 1.29 is 14.7 Å². The van der Waals surface area contributed by atoms with Crippen LogP contribution in [-0.2, 0) is 9.59 Å². The third-order valence-electron chi connectivity index (χ3n) is 2.90. The Morgan fingerprint density at radius 1 is 1.38 bits per heavy atom. The number of carbonyl (C=O) groups excluding carboxylic acids is 1. The van der Waals surface area contributed by atoms with Gasteiger partial charge in [-0.2, -0.15) is 0 Å². The van der Waals surface area contributed by atoms with Crippen LogP contribution in [-0.4, -0.2) is 48.1 Å². The first-order valence-electron chi connectivity index (χ1n) is 5.81. The van der Waals surface area contributed by atoms with Crippen LogP contribution in [0.2, 0.25) is 0 Å². The second-order valence-corrected chi connectivity index (χ2v) is 4.26. The maximum atomic E-state index is 11.9. The molecule has 1 saturated heterocycles. The summed E-state index contributed by atoms with van der Waals surface area (Å²) in [5.74, 6) is -0.850. The average molecular weight is 228 g/mol. The van der Waals surface area contributed by atoms with E-state index in [0.717, 1.165) is 32.2 Å². The standard InChI is InChI=1S/C11H20N2O3/c1-13(8-6-10(14)15)11(16)9-5-3-2-4-7-12-9/h9,12H,2-8H2,1H3,(H,14,15). The minimum atomic E-state index is -0.867. The van der Waals surface area contributed by atoms with Gasteiger partial charge < -0.3 is 15.3 Å². The molecule has 1 atom stereocenters. The van der Waals surface area contributed by atoms with E-state index in [4.69, 9.17) is 5.11 Å². The molecule has 0 spiro atoms. The van der Waals surface area contributed by atoms with Gasteiger partial charge in [-0.25, -0.2) is 0 Å². The smallest absolute Gasteiger partial charge is 0.305 e. The van der Waals surface area contributed by atoms with Crippen LogP contribution >= 0.6 is 0 Å². The van der Waals surface area contributed by atoms with Crippen molar-refractivity contribution in [1.82, 2.24) is 10.2 Å². The number of nitrogens with zero attached hydrogens (tertiary/aromatic N) is 1. The molecule has 1 unspecified atom stereocenters. The van der Waals surface area contributed by atoms with Gasteiger partial charge in [0.1, 0.15) is 0 Å². The van der Waals surface area contributed by atoms with Gasteiger partial charge in [-0.15, -0.1) is 0 Å². The molecule has 1 heterocycles. The highest BCUT2D eigenvalue weighted by Gasteiger charge is 2.22. The summed E-state index contributed by atoms with van der Waals surface area (Å²) in [7, 11) is 1.66. The van der Waals surface area contributed by atoms with Crippen molar-refractivity contribution in [1.29, 1.82) is 0 Å². The molecule has 1 aliphatic rings. The molecular formula is C11H20N2O3. The Kier molecular flexibility index (Phi) is 5.25. The van der Waals surface area contributed by atoms with E-state index in [1.165, 1.54) is 4.90 Å². The third-order valence-corrected chi connectivity index (χ3v) is 2.90. The Balaban J connectivity index is 2.38. The minimum Gasteiger partial charge on any atom is -0.481 e. The zero-order valence-electron chi connectivity index (χ0n) is 9.74. The van der Waals surface area contributed by atoms with Gasteiger partial charge in [-0.05, 0) is 19.4 Å². The first-order valence-corrected chi connectivity index (χ1v) is 5.81. The molecule has 0 aromatic rings. The predicted octanol–water partition coefficient (Wildman–Crippen LogP) is 0.452. The Morgan fingerprint density at radius 3 is 2.81 bits per heavy atom. The predicted molar refractivity (Wildman–Crippen MR) is 60.1 cm³/mol. The summed E-state index contributed by atoms with van der Waals surface area (Å²) in [6.07, 6.45) is 4.21. The van der Waals surface area contributed by atoms with Crippen LogP contribution in [0.5, 0.6) is 0 Å². The van der Waals surface area contributed by atoms with Gasteiger partial charge in [0.2, 0.25) is 5.91 Å². The molecule has 0 aliphatic carbocycles. The van der Waals surface area contributed by atoms with Gasteiger partial charge in [-0.1, -0.05) is 12.8 Å². The van der Waals surface area contributed by atoms with Gasteiger partial charge in [0.15, 0.2) is 0 Å². The van der Waals surface area contributed by atoms with Crippen LogP contribution in [0.25, 0.3) is 0 Å². The maximum Gasteiger partial charge on any atom is 0.305 e. The largest absolute Gasteiger partial charge is 0.481 e. The van der Waals surface area contributed by atoms with Crippen LogP contribution in [0, 0.1) is 0 Å². The van der Waals surface area contributed by atoms with Crippen molar-refractivity contribution in [2.24, 2.45) is 0 Å². The molecule has 5 heteroatoms. The summed E-state index contributed by atoms with van der Waals surface area (Å²) >= 11 is 0. The fourth-order valence-corrected chi connectivity index (χ4v) is 1.88. The maximum absolute atomic E-state index is 11.9. The minimum absolute atomic E-state index is 0.00889. The van der Waals surface area contributed by atoms with Gasteiger partial charge in [0.05, 0.1) is 12.5 Å². The first-order chi connectivity index (χ1) is 7.61. The third kappa shape index (κ3) is 4.18. The summed E-state index contributed by atoms with van der Waals surface area (Å²) < 4.78 is 0. The number of carboxylic acid groups (broad SMARTS) is 1. The summed E-state index contributed by atoms with van der Waals surface area (Å²) in [5, 5.41) is 11.8. The normalized spacial score (nSPS) is 21.2. The Labute approximate surface area is 95.8 Å². The molecule has 0 saturated carbocycles. The van der Waals surface area contributed by atoms with Crippen molar-refractivity contribution in [2.75, 3.05) is 20.1 Å². The molecule has 1 rings (SSSR count). The van der Waals surface area contributed by atoms with Gasteiger partial charge in [0, 0.05) is 13.6 Å². The second kappa shape index (κ2) is 6.48. The van der Waals surface area contributed by atoms with E-state index < -0.39 is 5.97 Å². The Hall–Kier alpha value is -1.10. The molecule has 0 radical (unpaired) electrons. The number of amides is 1. The lowest BCUT2D eigenvalue weighted by molar-refractivity contribution is -0.138. The summed E-state index contributed by atoms with van der Waals surface area (Å²) in [6, 6.07) is -0.124. The lowest BCUT2D eigenvalue weighted by Gasteiger charge is -2.22. The Morgan fingerprint density at radius 2 is 2.12 bits per heavy atom. The van der Waals surface area contributed by atoms with Crippen molar-refractivity contribution in [3.63, 3.8) is 0 Å². The number of carbonyl (C=O) groups is 2. The number of hydrogen-bond acceptors (Lipinski definition) is 3. The number of rotatable bonds is 4. The molecule has 0 bridgehead atoms. The van der Waals surface area contributed by atoms with Crippen LogP contribution < -0.4 is 5.32 Å². The van der Waals surface area contributed by atoms with E-state index in [1.807, 2.05) is 0 Å². The fourth-order valence-electron chi connectivity index (χ4n) is 1.88. The van der Waals surface area contributed by atoms with Crippen molar-refractivity contribution >= 4 is 11.9 Å². The molecular weight excluding hydrogens is 208 g/mol. The van der Waals surface area contributed by atoms with E-state index in [-0.39, 0.29) is 24.9 Å². The summed E-state index contributed by atoms with van der Waals surface area (Å²) in [4.78, 5) is 23.8. The quantitative estimate of drug-likeness (QED) is 0.733. The molecule has 0 aromatic heterocycles. The van der Waals surface area contributed by atoms with E-state index >= 15 is 0 Å². The molecule has 5 nitrogen and oxygen atoms in total. The SMILES string of the molecule is CN(CCC(=O)O)C(=O)C1CCCCCN1. The number of hydrogen-bond donors (Lipinski definition) is 2. The molecule has 92 valence electrons. The summed E-state index contributed by atoms with van der Waals surface area (Å²) in [5.41, 5.74) is 0. The molecule has 1 aliphatic heterocycles. The number of likely N-dealkylation sites (N-methyl/N-ethyl adjacent to an activating group) is 1. The van der Waals surface area contributed by atoms with E-state index in [2.05, 4.69) is 5.32 Å². The van der Waals surface area contributed by atoms with Crippen LogP contribution in [0.1, 0.15) is 32.1 Å². The molecule has 1 fully saturated rings. The topological polar surface area (TPSA) is 69.6 Å². The van der Waals surface area contributed by atoms with E-state index in [9.17, 15) is 9.59 Å². The highest BCUT2D eigenvalue weighted by atomic mass is 16.4. The number of aliphatic carboxylic acids is 1. The fraction of sp³-hybridized carbons (Fsp3) is 0.818. The van der Waals surface area contributed by atoms with Crippen LogP contribution in [0.3, 0.4) is 0 Å². The monoisotopic (exact) mass is 228 g/mol. The van der Waals surface area contributed by atoms with Gasteiger partial charge >= 0.3 is 5.97 Å². The second-order valence-electron chi connectivity index (χ2n) is 4.26. The lowest BCUT2D eigenvalue weighted by Crippen LogP contribution is -2.45. The lowest BCUT2D eigenvalue weighted by atomic mass is 10.1. The van der Waals surface area contributed by atoms with Crippen molar-refractivity contribution in [2.45, 2.75) is 38.1 Å². The molecule has 16 heavy (non-hydrogen) atoms. The first kappa shape index (κ1) is 13.0. The highest BCUT2D eigenvalue weighted by Crippen LogP contribution is 2.10. The zero-order chi connectivity index (χ0) is 12.0. The molecule has 1 amide bonds. The van der Waals surface area contributed by atoms with Crippen molar-refractivity contribution in [3.8, 4) is 0 Å². The van der Waals surface area contributed by atoms with Crippen molar-refractivity contribution in [3.05, 3.63) is 0 Å². The molecule has 2 N–H and O–H groups in total. The average Bonchev–Trinajstić information content (AvgIpc) is 2.53. The highest BCUT2D eigenvalue weighted by molar-refractivity contribution is 5.82. The summed E-state index contributed by atoms with van der Waals surface area (Å²) in [6.45, 7) is 1.16. The van der Waals surface area contributed by atoms with Crippen LogP contribution in [0.4, 0.5) is 0 Å². The van der Waals surface area contributed by atoms with Gasteiger partial charge in [-0.3, -0.25) is 9.59 Å². The molecule has 0 aromatic carbocycles. The Bertz CT molecular complexity index is 248. The van der Waals surface area contributed by atoms with E-state index in [1.54, 1.807) is 7.05 Å². The van der Waals surface area contributed by atoms with Gasteiger partial charge in [0.25, 0.3) is 0 Å².